The van der Waals surface area contributed by atoms with Crippen molar-refractivity contribution in [3.63, 3.8) is 0 Å². The quantitative estimate of drug-likeness (QED) is 0.468. The topological polar surface area (TPSA) is 38.3 Å². The number of rotatable bonds is 1. The number of epoxide rings is 1. The molecule has 0 aliphatic carbocycles. The fourth-order valence-corrected chi connectivity index (χ4v) is 0.766. The maximum Gasteiger partial charge on any atom is 0.159 e. The Labute approximate surface area is 72.1 Å². The third-order valence-corrected chi connectivity index (χ3v) is 1.42. The zero-order valence-electron chi connectivity index (χ0n) is 7.16. The summed E-state index contributed by atoms with van der Waals surface area (Å²) in [6, 6.07) is 0. The van der Waals surface area contributed by atoms with E-state index >= 15 is 0 Å². The standard InChI is InChI=1S/C7H8N2O.C2H4/c1-5-2-8-7(9-3-5)6-4-10-6;1-2/h2-3,6H,4H2,1H3;1-2H2/t6-;/m0./s1. The van der Waals surface area contributed by atoms with Gasteiger partial charge in [0.05, 0.1) is 6.61 Å². The van der Waals surface area contributed by atoms with Crippen molar-refractivity contribution in [1.29, 1.82) is 0 Å². The lowest BCUT2D eigenvalue weighted by Gasteiger charge is -1.92. The molecular formula is C9H12N2O. The second kappa shape index (κ2) is 3.97. The van der Waals surface area contributed by atoms with Gasteiger partial charge in [0, 0.05) is 12.4 Å². The smallest absolute Gasteiger partial charge is 0.159 e. The van der Waals surface area contributed by atoms with Crippen LogP contribution in [0.4, 0.5) is 0 Å². The van der Waals surface area contributed by atoms with E-state index in [1.807, 2.05) is 19.3 Å². The first-order chi connectivity index (χ1) is 5.86. The number of ether oxygens (including phenoxy) is 1. The highest BCUT2D eigenvalue weighted by Crippen LogP contribution is 2.25. The molecule has 0 spiro atoms. The molecule has 0 amide bonds. The van der Waals surface area contributed by atoms with Crippen molar-refractivity contribution in [1.82, 2.24) is 9.97 Å². The number of aryl methyl sites for hydroxylation is 1. The molecule has 1 aliphatic rings. The predicted molar refractivity (Wildman–Crippen MR) is 46.7 cm³/mol. The average molecular weight is 164 g/mol. The lowest BCUT2D eigenvalue weighted by molar-refractivity contribution is 0.406. The Morgan fingerprint density at radius 3 is 2.33 bits per heavy atom. The Hall–Kier alpha value is -1.22. The molecule has 0 aromatic carbocycles. The maximum absolute atomic E-state index is 5.01. The van der Waals surface area contributed by atoms with Gasteiger partial charge in [-0.2, -0.15) is 0 Å². The Balaban J connectivity index is 0.000000336. The Kier molecular flexibility index (Phi) is 2.94. The molecule has 64 valence electrons. The van der Waals surface area contributed by atoms with Crippen LogP contribution in [0.25, 0.3) is 0 Å². The summed E-state index contributed by atoms with van der Waals surface area (Å²) in [6.07, 6.45) is 3.80. The molecule has 0 radical (unpaired) electrons. The lowest BCUT2D eigenvalue weighted by Crippen LogP contribution is -1.91. The van der Waals surface area contributed by atoms with Gasteiger partial charge in [-0.15, -0.1) is 13.2 Å². The van der Waals surface area contributed by atoms with E-state index in [0.29, 0.717) is 0 Å². The van der Waals surface area contributed by atoms with E-state index in [0.717, 1.165) is 18.0 Å². The molecule has 0 saturated carbocycles. The summed E-state index contributed by atoms with van der Waals surface area (Å²) in [4.78, 5) is 8.21. The summed E-state index contributed by atoms with van der Waals surface area (Å²) >= 11 is 0. The third kappa shape index (κ3) is 2.13. The largest absolute Gasteiger partial charge is 0.365 e. The van der Waals surface area contributed by atoms with Crippen LogP contribution in [0.5, 0.6) is 0 Å². The second-order valence-electron chi connectivity index (χ2n) is 2.44. The Bertz CT molecular complexity index is 241. The van der Waals surface area contributed by atoms with Crippen molar-refractivity contribution >= 4 is 0 Å². The van der Waals surface area contributed by atoms with E-state index in [1.165, 1.54) is 0 Å². The van der Waals surface area contributed by atoms with Gasteiger partial charge in [-0.3, -0.25) is 0 Å². The fourth-order valence-electron chi connectivity index (χ4n) is 0.766. The van der Waals surface area contributed by atoms with Crippen molar-refractivity contribution in [3.8, 4) is 0 Å². The molecule has 0 bridgehead atoms. The SMILES string of the molecule is C=C.Cc1cnc([C@@H]2CO2)nc1. The van der Waals surface area contributed by atoms with Crippen LogP contribution >= 0.6 is 0 Å². The van der Waals surface area contributed by atoms with E-state index in [1.54, 1.807) is 0 Å². The van der Waals surface area contributed by atoms with Crippen LogP contribution in [0, 0.1) is 6.92 Å². The minimum absolute atomic E-state index is 0.181. The molecular weight excluding hydrogens is 152 g/mol. The van der Waals surface area contributed by atoms with Crippen molar-refractivity contribution in [2.75, 3.05) is 6.61 Å². The molecule has 3 heteroatoms. The van der Waals surface area contributed by atoms with Crippen LogP contribution in [-0.4, -0.2) is 16.6 Å². The van der Waals surface area contributed by atoms with Gasteiger partial charge in [0.15, 0.2) is 5.82 Å². The van der Waals surface area contributed by atoms with E-state index in [2.05, 4.69) is 23.1 Å². The molecule has 0 N–H and O–H groups in total. The van der Waals surface area contributed by atoms with Gasteiger partial charge in [0.25, 0.3) is 0 Å². The molecule has 0 unspecified atom stereocenters. The van der Waals surface area contributed by atoms with Crippen LogP contribution < -0.4 is 0 Å². The first-order valence-corrected chi connectivity index (χ1v) is 3.76. The molecule has 2 rings (SSSR count). The molecule has 1 atom stereocenters. The molecule has 1 fully saturated rings. The van der Waals surface area contributed by atoms with Gasteiger partial charge < -0.3 is 4.74 Å². The average Bonchev–Trinajstić information content (AvgIpc) is 2.93. The predicted octanol–water partition coefficient (Wildman–Crippen LogP) is 1.66. The Morgan fingerprint density at radius 1 is 1.42 bits per heavy atom. The maximum atomic E-state index is 5.01. The minimum Gasteiger partial charge on any atom is -0.365 e. The Morgan fingerprint density at radius 2 is 1.92 bits per heavy atom. The number of hydrogen-bond acceptors (Lipinski definition) is 3. The van der Waals surface area contributed by atoms with Crippen LogP contribution in [0.2, 0.25) is 0 Å². The lowest BCUT2D eigenvalue weighted by atomic mass is 10.4. The van der Waals surface area contributed by atoms with Crippen molar-refractivity contribution in [3.05, 3.63) is 36.9 Å². The number of aromatic nitrogens is 2. The van der Waals surface area contributed by atoms with Gasteiger partial charge in [-0.05, 0) is 12.5 Å². The molecule has 1 aromatic rings. The van der Waals surface area contributed by atoms with E-state index in [9.17, 15) is 0 Å². The van der Waals surface area contributed by atoms with Crippen molar-refractivity contribution in [2.45, 2.75) is 13.0 Å². The van der Waals surface area contributed by atoms with E-state index in [-0.39, 0.29) is 6.10 Å². The monoisotopic (exact) mass is 164 g/mol. The first kappa shape index (κ1) is 8.87. The third-order valence-electron chi connectivity index (χ3n) is 1.42. The van der Waals surface area contributed by atoms with Gasteiger partial charge in [-0.1, -0.05) is 0 Å². The molecule has 1 aliphatic heterocycles. The van der Waals surface area contributed by atoms with Gasteiger partial charge in [0.2, 0.25) is 0 Å². The van der Waals surface area contributed by atoms with Crippen LogP contribution in [0.3, 0.4) is 0 Å². The zero-order valence-corrected chi connectivity index (χ0v) is 7.16. The summed E-state index contributed by atoms with van der Waals surface area (Å²) in [6.45, 7) is 8.75. The molecule has 3 nitrogen and oxygen atoms in total. The fraction of sp³-hybridized carbons (Fsp3) is 0.333. The van der Waals surface area contributed by atoms with Gasteiger partial charge >= 0.3 is 0 Å². The normalized spacial score (nSPS) is 19.2. The molecule has 1 saturated heterocycles. The van der Waals surface area contributed by atoms with E-state index in [4.69, 9.17) is 4.74 Å². The molecule has 1 aromatic heterocycles. The van der Waals surface area contributed by atoms with Gasteiger partial charge in [0.1, 0.15) is 6.10 Å². The second-order valence-corrected chi connectivity index (χ2v) is 2.44. The van der Waals surface area contributed by atoms with E-state index < -0.39 is 0 Å². The summed E-state index contributed by atoms with van der Waals surface area (Å²) in [7, 11) is 0. The van der Waals surface area contributed by atoms with Crippen molar-refractivity contribution < 1.29 is 4.74 Å². The van der Waals surface area contributed by atoms with Crippen LogP contribution in [-0.2, 0) is 4.74 Å². The molecule has 12 heavy (non-hydrogen) atoms. The van der Waals surface area contributed by atoms with Crippen molar-refractivity contribution in [2.24, 2.45) is 0 Å². The summed E-state index contributed by atoms with van der Waals surface area (Å²) in [5.74, 6) is 0.811. The summed E-state index contributed by atoms with van der Waals surface area (Å²) in [5.41, 5.74) is 1.09. The van der Waals surface area contributed by atoms with Gasteiger partial charge in [-0.25, -0.2) is 9.97 Å². The summed E-state index contributed by atoms with van der Waals surface area (Å²) in [5, 5.41) is 0. The number of hydrogen-bond donors (Lipinski definition) is 0. The minimum atomic E-state index is 0.181. The molecule has 2 heterocycles. The van der Waals surface area contributed by atoms with Crippen LogP contribution in [0.1, 0.15) is 17.5 Å². The highest BCUT2D eigenvalue weighted by Gasteiger charge is 2.27. The highest BCUT2D eigenvalue weighted by atomic mass is 16.6. The number of nitrogens with zero attached hydrogens (tertiary/aromatic N) is 2. The summed E-state index contributed by atoms with van der Waals surface area (Å²) < 4.78 is 5.01. The van der Waals surface area contributed by atoms with Crippen LogP contribution in [0.15, 0.2) is 25.6 Å². The highest BCUT2D eigenvalue weighted by molar-refractivity contribution is 5.05. The zero-order chi connectivity index (χ0) is 8.97. The first-order valence-electron chi connectivity index (χ1n) is 3.76.